The molecule has 0 bridgehead atoms. The lowest BCUT2D eigenvalue weighted by molar-refractivity contribution is 0.0924. The molecule has 164 valence electrons. The summed E-state index contributed by atoms with van der Waals surface area (Å²) in [5, 5.41) is 17.0. The molecule has 4 rings (SSSR count). The Hall–Kier alpha value is -3.49. The van der Waals surface area contributed by atoms with Crippen molar-refractivity contribution in [2.45, 2.75) is 19.4 Å². The highest BCUT2D eigenvalue weighted by Gasteiger charge is 2.19. The summed E-state index contributed by atoms with van der Waals surface area (Å²) in [6.45, 7) is 1.71. The number of rotatable bonds is 6. The summed E-state index contributed by atoms with van der Waals surface area (Å²) in [4.78, 5) is 28.2. The van der Waals surface area contributed by atoms with Gasteiger partial charge in [-0.25, -0.2) is 8.91 Å². The van der Waals surface area contributed by atoms with Gasteiger partial charge in [0, 0.05) is 23.3 Å². The first-order chi connectivity index (χ1) is 15.4. The van der Waals surface area contributed by atoms with Gasteiger partial charge in [-0.3, -0.25) is 9.59 Å². The van der Waals surface area contributed by atoms with Crippen molar-refractivity contribution in [3.63, 3.8) is 0 Å². The second kappa shape index (κ2) is 8.94. The zero-order valence-corrected chi connectivity index (χ0v) is 17.9. The minimum absolute atomic E-state index is 0.0413. The number of aliphatic hydroxyl groups is 1. The Kier molecular flexibility index (Phi) is 6.07. The zero-order valence-electron chi connectivity index (χ0n) is 17.1. The van der Waals surface area contributed by atoms with Crippen molar-refractivity contribution in [3.05, 3.63) is 92.7 Å². The van der Waals surface area contributed by atoms with Crippen LogP contribution in [0.3, 0.4) is 0 Å². The number of hydrogen-bond acceptors (Lipinski definition) is 4. The molecule has 9 heteroatoms. The van der Waals surface area contributed by atoms with Crippen LogP contribution in [0.4, 0.5) is 4.39 Å². The topological polar surface area (TPSA) is 99.5 Å². The van der Waals surface area contributed by atoms with Gasteiger partial charge in [0.1, 0.15) is 11.3 Å². The van der Waals surface area contributed by atoms with Crippen molar-refractivity contribution in [2.24, 2.45) is 0 Å². The maximum atomic E-state index is 13.2. The van der Waals surface area contributed by atoms with Gasteiger partial charge < -0.3 is 15.4 Å². The second-order valence-electron chi connectivity index (χ2n) is 7.41. The van der Waals surface area contributed by atoms with Crippen molar-refractivity contribution in [2.75, 3.05) is 6.61 Å². The lowest BCUT2D eigenvalue weighted by Gasteiger charge is -2.17. The summed E-state index contributed by atoms with van der Waals surface area (Å²) in [6, 6.07) is 11.9. The molecule has 3 N–H and O–H groups in total. The smallest absolute Gasteiger partial charge is 0.274 e. The molecular weight excluding hydrogens is 435 g/mol. The van der Waals surface area contributed by atoms with Crippen LogP contribution >= 0.6 is 11.6 Å². The van der Waals surface area contributed by atoms with Gasteiger partial charge in [-0.15, -0.1) is 0 Å². The van der Waals surface area contributed by atoms with E-state index in [4.69, 9.17) is 11.6 Å². The van der Waals surface area contributed by atoms with Crippen molar-refractivity contribution in [3.8, 4) is 11.3 Å². The van der Waals surface area contributed by atoms with E-state index in [1.807, 2.05) is 19.1 Å². The largest absolute Gasteiger partial charge is 0.396 e. The van der Waals surface area contributed by atoms with E-state index in [1.165, 1.54) is 22.7 Å². The van der Waals surface area contributed by atoms with E-state index in [0.717, 1.165) is 5.56 Å². The van der Waals surface area contributed by atoms with E-state index >= 15 is 0 Å². The van der Waals surface area contributed by atoms with E-state index in [0.29, 0.717) is 21.8 Å². The van der Waals surface area contributed by atoms with Crippen LogP contribution in [0.25, 0.3) is 16.8 Å². The average molecular weight is 455 g/mol. The van der Waals surface area contributed by atoms with Crippen molar-refractivity contribution in [1.82, 2.24) is 19.9 Å². The summed E-state index contributed by atoms with van der Waals surface area (Å²) < 4.78 is 14.6. The Morgan fingerprint density at radius 3 is 2.69 bits per heavy atom. The lowest BCUT2D eigenvalue weighted by Crippen LogP contribution is -2.29. The number of carbonyl (C=O) groups is 1. The molecule has 4 aromatic rings. The fourth-order valence-electron chi connectivity index (χ4n) is 3.40. The summed E-state index contributed by atoms with van der Waals surface area (Å²) in [7, 11) is 0. The van der Waals surface area contributed by atoms with Crippen molar-refractivity contribution < 1.29 is 14.3 Å². The number of hydrogen-bond donors (Lipinski definition) is 3. The van der Waals surface area contributed by atoms with Crippen LogP contribution in [-0.4, -0.2) is 32.2 Å². The molecule has 0 aliphatic heterocycles. The Morgan fingerprint density at radius 1 is 1.25 bits per heavy atom. The number of fused-ring (bicyclic) bond motifs is 1. The normalized spacial score (nSPS) is 12.1. The summed E-state index contributed by atoms with van der Waals surface area (Å²) in [5.41, 5.74) is 2.61. The minimum Gasteiger partial charge on any atom is -0.396 e. The molecule has 2 heterocycles. The molecule has 0 aliphatic carbocycles. The highest BCUT2D eigenvalue weighted by atomic mass is 35.5. The Balaban J connectivity index is 1.64. The maximum Gasteiger partial charge on any atom is 0.274 e. The fourth-order valence-corrected chi connectivity index (χ4v) is 3.58. The Morgan fingerprint density at radius 2 is 2.00 bits per heavy atom. The summed E-state index contributed by atoms with van der Waals surface area (Å²) in [6.07, 6.45) is 1.85. The van der Waals surface area contributed by atoms with Gasteiger partial charge in [0.15, 0.2) is 5.69 Å². The van der Waals surface area contributed by atoms with Crippen LogP contribution in [0.15, 0.2) is 59.5 Å². The third-order valence-electron chi connectivity index (χ3n) is 5.18. The van der Waals surface area contributed by atoms with Gasteiger partial charge in [0.05, 0.1) is 17.9 Å². The number of carbonyl (C=O) groups excluding carboxylic acids is 1. The molecule has 0 fully saturated rings. The lowest BCUT2D eigenvalue weighted by atomic mass is 10.0. The van der Waals surface area contributed by atoms with Crippen LogP contribution in [0.5, 0.6) is 0 Å². The SMILES string of the molecule is Cc1ccc(-c2cn3nc(C(=O)N[C@H](CCO)c4ccc(F)cc4)cc3c(=O)[nH]2)cc1Cl. The Labute approximate surface area is 187 Å². The first kappa shape index (κ1) is 21.7. The fraction of sp³-hybridized carbons (Fsp3) is 0.174. The maximum absolute atomic E-state index is 13.2. The van der Waals surface area contributed by atoms with Crippen LogP contribution in [0, 0.1) is 12.7 Å². The van der Waals surface area contributed by atoms with Gasteiger partial charge in [-0.1, -0.05) is 35.9 Å². The average Bonchev–Trinajstić information content (AvgIpc) is 3.21. The molecule has 1 amide bonds. The second-order valence-corrected chi connectivity index (χ2v) is 7.82. The third kappa shape index (κ3) is 4.42. The van der Waals surface area contributed by atoms with Crippen LogP contribution in [-0.2, 0) is 0 Å². The number of benzene rings is 2. The van der Waals surface area contributed by atoms with E-state index in [2.05, 4.69) is 15.4 Å². The summed E-state index contributed by atoms with van der Waals surface area (Å²) >= 11 is 6.19. The molecule has 2 aromatic heterocycles. The molecular formula is C23H20ClFN4O3. The molecule has 7 nitrogen and oxygen atoms in total. The van der Waals surface area contributed by atoms with E-state index in [-0.39, 0.29) is 24.2 Å². The highest BCUT2D eigenvalue weighted by molar-refractivity contribution is 6.31. The van der Waals surface area contributed by atoms with E-state index in [9.17, 15) is 19.1 Å². The monoisotopic (exact) mass is 454 g/mol. The predicted octanol–water partition coefficient (Wildman–Crippen LogP) is 3.64. The number of aromatic nitrogens is 3. The van der Waals surface area contributed by atoms with Gasteiger partial charge in [-0.05, 0) is 42.7 Å². The third-order valence-corrected chi connectivity index (χ3v) is 5.59. The van der Waals surface area contributed by atoms with E-state index < -0.39 is 23.3 Å². The molecule has 0 radical (unpaired) electrons. The standard InChI is InChI=1S/C23H20ClFN4O3/c1-13-2-3-15(10-17(13)24)20-12-29-21(23(32)27-20)11-19(28-29)22(31)26-18(8-9-30)14-4-6-16(25)7-5-14/h2-7,10-12,18,30H,8-9H2,1H3,(H,26,31)(H,27,32)/t18-/m1/s1. The quantitative estimate of drug-likeness (QED) is 0.414. The first-order valence-electron chi connectivity index (χ1n) is 9.92. The van der Waals surface area contributed by atoms with Crippen molar-refractivity contribution >= 4 is 23.0 Å². The highest BCUT2D eigenvalue weighted by Crippen LogP contribution is 2.24. The number of aromatic amines is 1. The minimum atomic E-state index is -0.540. The van der Waals surface area contributed by atoms with Crippen LogP contribution in [0.2, 0.25) is 5.02 Å². The number of aryl methyl sites for hydroxylation is 1. The molecule has 0 saturated heterocycles. The van der Waals surface area contributed by atoms with Gasteiger partial charge >= 0.3 is 0 Å². The van der Waals surface area contributed by atoms with E-state index in [1.54, 1.807) is 24.4 Å². The number of halogens is 2. The molecule has 0 aliphatic rings. The van der Waals surface area contributed by atoms with Gasteiger partial charge in [0.25, 0.3) is 11.5 Å². The molecule has 0 unspecified atom stereocenters. The van der Waals surface area contributed by atoms with Gasteiger partial charge in [-0.2, -0.15) is 5.10 Å². The summed E-state index contributed by atoms with van der Waals surface area (Å²) in [5.74, 6) is -0.913. The van der Waals surface area contributed by atoms with Gasteiger partial charge in [0.2, 0.25) is 0 Å². The predicted molar refractivity (Wildman–Crippen MR) is 119 cm³/mol. The van der Waals surface area contributed by atoms with Crippen molar-refractivity contribution in [1.29, 1.82) is 0 Å². The number of nitrogens with one attached hydrogen (secondary N) is 2. The molecule has 1 atom stereocenters. The zero-order chi connectivity index (χ0) is 22.8. The van der Waals surface area contributed by atoms with Crippen LogP contribution < -0.4 is 10.9 Å². The number of nitrogens with zero attached hydrogens (tertiary/aromatic N) is 2. The number of aliphatic hydroxyl groups excluding tert-OH is 1. The number of H-pyrrole nitrogens is 1. The van der Waals surface area contributed by atoms with Crippen LogP contribution in [0.1, 0.15) is 34.1 Å². The molecule has 32 heavy (non-hydrogen) atoms. The first-order valence-corrected chi connectivity index (χ1v) is 10.3. The molecule has 2 aromatic carbocycles. The molecule has 0 saturated carbocycles. The number of amides is 1. The molecule has 0 spiro atoms. The Bertz CT molecular complexity index is 1350.